The van der Waals surface area contributed by atoms with E-state index in [1.165, 1.54) is 11.2 Å². The van der Waals surface area contributed by atoms with E-state index in [0.29, 0.717) is 15.8 Å². The molecule has 0 aliphatic rings. The summed E-state index contributed by atoms with van der Waals surface area (Å²) in [6, 6.07) is 0. The first kappa shape index (κ1) is 19.2. The van der Waals surface area contributed by atoms with Crippen LogP contribution in [0.4, 0.5) is 8.78 Å². The van der Waals surface area contributed by atoms with Crippen LogP contribution in [0.1, 0.15) is 23.4 Å². The third-order valence-electron chi connectivity index (χ3n) is 3.92. The predicted octanol–water partition coefficient (Wildman–Crippen LogP) is 1.44. The topological polar surface area (TPSA) is 90.8 Å². The quantitative estimate of drug-likeness (QED) is 0.600. The van der Waals surface area contributed by atoms with Crippen LogP contribution in [-0.4, -0.2) is 42.1 Å². The maximum atomic E-state index is 13.2. The number of nitrogens with zero attached hydrogens (tertiary/aromatic N) is 7. The van der Waals surface area contributed by atoms with Gasteiger partial charge in [-0.2, -0.15) is 28.4 Å². The van der Waals surface area contributed by atoms with Crippen LogP contribution in [0.2, 0.25) is 0 Å². The number of hydrogen-bond donors (Lipinski definition) is 0. The molecule has 27 heavy (non-hydrogen) atoms. The zero-order valence-electron chi connectivity index (χ0n) is 15.0. The first-order valence-corrected chi connectivity index (χ1v) is 9.40. The van der Waals surface area contributed by atoms with Gasteiger partial charge in [-0.3, -0.25) is 9.36 Å². The summed E-state index contributed by atoms with van der Waals surface area (Å²) in [5.41, 5.74) is 1.35. The number of alkyl halides is 2. The van der Waals surface area contributed by atoms with E-state index in [2.05, 4.69) is 15.3 Å². The summed E-state index contributed by atoms with van der Waals surface area (Å²) in [4.78, 5) is -0.254. The van der Waals surface area contributed by atoms with E-state index in [-0.39, 0.29) is 23.7 Å². The van der Waals surface area contributed by atoms with Gasteiger partial charge >= 0.3 is 6.55 Å². The van der Waals surface area contributed by atoms with Crippen molar-refractivity contribution in [2.45, 2.75) is 31.5 Å². The monoisotopic (exact) mass is 399 g/mol. The maximum Gasteiger partial charge on any atom is 0.333 e. The van der Waals surface area contributed by atoms with E-state index < -0.39 is 16.6 Å². The minimum absolute atomic E-state index is 0.0117. The fourth-order valence-electron chi connectivity index (χ4n) is 2.70. The third kappa shape index (κ3) is 4.06. The molecular weight excluding hydrogens is 380 g/mol. The normalized spacial score (nSPS) is 12.4. The van der Waals surface area contributed by atoms with Crippen molar-refractivity contribution in [2.75, 3.05) is 0 Å². The molecule has 0 fully saturated rings. The second-order valence-electron chi connectivity index (χ2n) is 6.15. The predicted molar refractivity (Wildman–Crippen MR) is 91.1 cm³/mol. The lowest BCUT2D eigenvalue weighted by Crippen LogP contribution is -2.30. The van der Waals surface area contributed by atoms with Crippen molar-refractivity contribution < 1.29 is 17.2 Å². The molecule has 0 aliphatic carbocycles. The molecule has 3 aromatic rings. The lowest BCUT2D eigenvalue weighted by atomic mass is 10.3. The van der Waals surface area contributed by atoms with Crippen molar-refractivity contribution in [1.82, 2.24) is 33.6 Å². The Balaban J connectivity index is 1.99. The van der Waals surface area contributed by atoms with Gasteiger partial charge in [0.05, 0.1) is 24.3 Å². The minimum atomic E-state index is -4.08. The number of aromatic nitrogens is 6. The highest BCUT2D eigenvalue weighted by atomic mass is 32.2. The van der Waals surface area contributed by atoms with Gasteiger partial charge in [0.2, 0.25) is 10.0 Å². The fourth-order valence-corrected chi connectivity index (χ4v) is 4.27. The second-order valence-corrected chi connectivity index (χ2v) is 8.06. The Labute approximate surface area is 154 Å². The maximum absolute atomic E-state index is 13.2. The van der Waals surface area contributed by atoms with Crippen molar-refractivity contribution >= 4 is 10.0 Å². The van der Waals surface area contributed by atoms with Crippen molar-refractivity contribution in [1.29, 1.82) is 0 Å². The van der Waals surface area contributed by atoms with E-state index in [1.54, 1.807) is 48.2 Å². The summed E-state index contributed by atoms with van der Waals surface area (Å²) in [6.07, 6.45) is 7.36. The molecule has 0 saturated heterocycles. The molecule has 0 radical (unpaired) electrons. The Kier molecular flexibility index (Phi) is 5.11. The summed E-state index contributed by atoms with van der Waals surface area (Å²) in [5.74, 6) is 0. The molecule has 9 nitrogen and oxygen atoms in total. The number of sulfonamides is 1. The molecule has 0 amide bonds. The highest BCUT2D eigenvalue weighted by molar-refractivity contribution is 7.89. The molecule has 0 aromatic carbocycles. The molecule has 146 valence electrons. The van der Waals surface area contributed by atoms with Crippen molar-refractivity contribution in [3.8, 4) is 0 Å². The third-order valence-corrected chi connectivity index (χ3v) is 5.82. The van der Waals surface area contributed by atoms with Gasteiger partial charge in [0.15, 0.2) is 0 Å². The smallest absolute Gasteiger partial charge is 0.275 e. The van der Waals surface area contributed by atoms with E-state index in [4.69, 9.17) is 0 Å². The SMILES string of the molecule is Cc1nn(C(F)F)cc1S(=O)(=O)N(Cc1cnn(C)c1)Cc1cnn(C)c1. The van der Waals surface area contributed by atoms with Crippen LogP contribution in [0.3, 0.4) is 0 Å². The minimum Gasteiger partial charge on any atom is -0.275 e. The molecule has 3 heterocycles. The van der Waals surface area contributed by atoms with Gasteiger partial charge in [-0.1, -0.05) is 0 Å². The van der Waals surface area contributed by atoms with E-state index in [9.17, 15) is 17.2 Å². The molecule has 3 rings (SSSR count). The molecule has 0 N–H and O–H groups in total. The van der Waals surface area contributed by atoms with Crippen LogP contribution >= 0.6 is 0 Å². The zero-order chi connectivity index (χ0) is 19.8. The van der Waals surface area contributed by atoms with Gasteiger partial charge in [0, 0.05) is 50.7 Å². The first-order chi connectivity index (χ1) is 12.7. The second kappa shape index (κ2) is 7.19. The molecule has 3 aromatic heterocycles. The van der Waals surface area contributed by atoms with Crippen molar-refractivity contribution in [3.63, 3.8) is 0 Å². The van der Waals surface area contributed by atoms with Gasteiger partial charge in [0.25, 0.3) is 0 Å². The molecule has 0 spiro atoms. The number of rotatable bonds is 7. The molecule has 0 unspecified atom stereocenters. The Hall–Kier alpha value is -2.60. The van der Waals surface area contributed by atoms with Crippen LogP contribution in [0.15, 0.2) is 35.9 Å². The standard InChI is InChI=1S/C15H19F2N7O2S/c1-11-14(10-24(20-11)15(16)17)27(25,26)23(8-12-4-18-21(2)6-12)9-13-5-19-22(3)7-13/h4-7,10,15H,8-9H2,1-3H3. The van der Waals surface area contributed by atoms with Crippen LogP contribution in [0.25, 0.3) is 0 Å². The van der Waals surface area contributed by atoms with Crippen molar-refractivity contribution in [2.24, 2.45) is 14.1 Å². The molecule has 0 atom stereocenters. The Bertz CT molecular complexity index is 996. The lowest BCUT2D eigenvalue weighted by Gasteiger charge is -2.20. The zero-order valence-corrected chi connectivity index (χ0v) is 15.8. The number of hydrogen-bond acceptors (Lipinski definition) is 5. The summed E-state index contributed by atoms with van der Waals surface area (Å²) < 4.78 is 56.9. The highest BCUT2D eigenvalue weighted by Crippen LogP contribution is 2.24. The van der Waals surface area contributed by atoms with E-state index in [1.807, 2.05) is 0 Å². The molecule has 0 bridgehead atoms. The lowest BCUT2D eigenvalue weighted by molar-refractivity contribution is 0.0561. The van der Waals surface area contributed by atoms with Gasteiger partial charge < -0.3 is 0 Å². The van der Waals surface area contributed by atoms with Gasteiger partial charge in [0.1, 0.15) is 4.90 Å². The van der Waals surface area contributed by atoms with Gasteiger partial charge in [-0.25, -0.2) is 13.1 Å². The van der Waals surface area contributed by atoms with E-state index in [0.717, 1.165) is 6.20 Å². The summed E-state index contributed by atoms with van der Waals surface area (Å²) in [5, 5.41) is 11.7. The average Bonchev–Trinajstić information content (AvgIpc) is 3.28. The number of aryl methyl sites for hydroxylation is 3. The largest absolute Gasteiger partial charge is 0.333 e. The van der Waals surface area contributed by atoms with Crippen LogP contribution in [-0.2, 0) is 37.2 Å². The van der Waals surface area contributed by atoms with Gasteiger partial charge in [-0.05, 0) is 6.92 Å². The average molecular weight is 399 g/mol. The van der Waals surface area contributed by atoms with Crippen molar-refractivity contribution in [3.05, 3.63) is 47.8 Å². The Morgan fingerprint density at radius 1 is 1.04 bits per heavy atom. The summed E-state index contributed by atoms with van der Waals surface area (Å²) in [7, 11) is -0.635. The molecule has 0 saturated carbocycles. The van der Waals surface area contributed by atoms with Crippen LogP contribution in [0, 0.1) is 6.92 Å². The van der Waals surface area contributed by atoms with Crippen LogP contribution < -0.4 is 0 Å². The van der Waals surface area contributed by atoms with Crippen LogP contribution in [0.5, 0.6) is 0 Å². The highest BCUT2D eigenvalue weighted by Gasteiger charge is 2.30. The summed E-state index contributed by atoms with van der Waals surface area (Å²) in [6.45, 7) is -1.47. The fraction of sp³-hybridized carbons (Fsp3) is 0.400. The Morgan fingerprint density at radius 2 is 1.56 bits per heavy atom. The van der Waals surface area contributed by atoms with E-state index >= 15 is 0 Å². The number of halogens is 2. The summed E-state index contributed by atoms with van der Waals surface area (Å²) >= 11 is 0. The molecule has 12 heteroatoms. The Morgan fingerprint density at radius 3 is 1.93 bits per heavy atom. The van der Waals surface area contributed by atoms with Gasteiger partial charge in [-0.15, -0.1) is 0 Å². The molecule has 0 aliphatic heterocycles. The first-order valence-electron chi connectivity index (χ1n) is 7.96. The molecular formula is C15H19F2N7O2S.